The molecule has 0 aliphatic heterocycles. The number of hydrogen-bond donors (Lipinski definition) is 5. The summed E-state index contributed by atoms with van der Waals surface area (Å²) in [4.78, 5) is 18.0. The van der Waals surface area contributed by atoms with Gasteiger partial charge in [-0.15, -0.1) is 10.1 Å². The minimum atomic E-state index is -1.50. The van der Waals surface area contributed by atoms with Gasteiger partial charge in [-0.2, -0.15) is 0 Å². The Kier molecular flexibility index (Phi) is 13.4. The van der Waals surface area contributed by atoms with Crippen LogP contribution in [0.5, 0.6) is 0 Å². The van der Waals surface area contributed by atoms with Gasteiger partial charge in [-0.1, -0.05) is 0 Å². The topological polar surface area (TPSA) is 182 Å². The maximum absolute atomic E-state index is 9.65. The van der Waals surface area contributed by atoms with Crippen LogP contribution in [0.4, 0.5) is 0 Å². The van der Waals surface area contributed by atoms with Crippen molar-refractivity contribution in [3.63, 3.8) is 0 Å². The highest BCUT2D eigenvalue weighted by Gasteiger charge is 2.06. The zero-order chi connectivity index (χ0) is 9.44. The molecule has 0 aliphatic carbocycles. The molecule has 9 heteroatoms. The molecule has 0 radical (unpaired) electrons. The van der Waals surface area contributed by atoms with Crippen molar-refractivity contribution in [2.24, 2.45) is 5.73 Å². The Labute approximate surface area is 67.1 Å². The third-order valence-electron chi connectivity index (χ3n) is 0.514. The average molecular weight is 185 g/mol. The summed E-state index contributed by atoms with van der Waals surface area (Å²) in [7, 11) is 0. The van der Waals surface area contributed by atoms with E-state index >= 15 is 0 Å². The van der Waals surface area contributed by atoms with Gasteiger partial charge in [-0.05, 0) is 0 Å². The van der Waals surface area contributed by atoms with Crippen molar-refractivity contribution in [2.45, 2.75) is 6.04 Å². The van der Waals surface area contributed by atoms with E-state index in [4.69, 9.17) is 31.3 Å². The molecule has 0 heterocycles. The molecular formula is C3H11N3O6. The molecular weight excluding hydrogens is 174 g/mol. The van der Waals surface area contributed by atoms with Crippen molar-refractivity contribution in [1.82, 2.24) is 6.15 Å². The molecule has 0 aromatic heterocycles. The molecule has 0 aromatic carbocycles. The third-order valence-corrected chi connectivity index (χ3v) is 0.514. The molecule has 0 amide bonds. The number of aliphatic hydroxyl groups excluding tert-OH is 1. The number of aliphatic carboxylic acids is 1. The van der Waals surface area contributed by atoms with Crippen LogP contribution < -0.4 is 11.9 Å². The molecule has 0 saturated heterocycles. The molecule has 74 valence electrons. The lowest BCUT2D eigenvalue weighted by Gasteiger charge is -1.96. The lowest BCUT2D eigenvalue weighted by Crippen LogP contribution is -2.33. The Bertz CT molecular complexity index is 134. The molecule has 0 fully saturated rings. The largest absolute Gasteiger partial charge is 0.480 e. The zero-order valence-corrected chi connectivity index (χ0v) is 6.08. The standard InChI is InChI=1S/C3H7NO3.HNO3.H3N/c4-2(1-5)3(6)7;2-1(3)4;/h2,5H,1,4H2,(H,6,7);(H,2,3,4);1H3. The highest BCUT2D eigenvalue weighted by Crippen LogP contribution is 1.71. The molecule has 9 nitrogen and oxygen atoms in total. The molecule has 1 unspecified atom stereocenters. The summed E-state index contributed by atoms with van der Waals surface area (Å²) in [5.74, 6) is -1.18. The fraction of sp³-hybridized carbons (Fsp3) is 0.667. The van der Waals surface area contributed by atoms with Crippen LogP contribution in [0.3, 0.4) is 0 Å². The van der Waals surface area contributed by atoms with Crippen LogP contribution in [0.2, 0.25) is 0 Å². The summed E-state index contributed by atoms with van der Waals surface area (Å²) in [6, 6.07) is -1.13. The first-order valence-electron chi connectivity index (χ1n) is 2.34. The normalized spacial score (nSPS) is 9.83. The Morgan fingerprint density at radius 1 is 1.67 bits per heavy atom. The number of carboxylic acid groups (broad SMARTS) is 1. The van der Waals surface area contributed by atoms with Crippen LogP contribution in [-0.2, 0) is 4.79 Å². The highest BCUT2D eigenvalue weighted by molar-refractivity contribution is 5.73. The molecule has 0 rings (SSSR count). The van der Waals surface area contributed by atoms with Crippen molar-refractivity contribution >= 4 is 5.97 Å². The summed E-state index contributed by atoms with van der Waals surface area (Å²) >= 11 is 0. The second kappa shape index (κ2) is 9.55. The molecule has 12 heavy (non-hydrogen) atoms. The summed E-state index contributed by atoms with van der Waals surface area (Å²) in [6.07, 6.45) is 0. The summed E-state index contributed by atoms with van der Waals surface area (Å²) in [5, 5.41) is 29.5. The van der Waals surface area contributed by atoms with Gasteiger partial charge in [0.2, 0.25) is 0 Å². The lowest BCUT2D eigenvalue weighted by atomic mass is 10.3. The SMILES string of the molecule is N.NC(CO)C(=O)O.O=[N+]([O-])O. The number of hydrogen-bond acceptors (Lipinski definition) is 6. The van der Waals surface area contributed by atoms with E-state index in [9.17, 15) is 4.79 Å². The Hall–Kier alpha value is -1.45. The van der Waals surface area contributed by atoms with Gasteiger partial charge in [0.1, 0.15) is 6.04 Å². The van der Waals surface area contributed by atoms with Gasteiger partial charge >= 0.3 is 5.97 Å². The van der Waals surface area contributed by atoms with E-state index in [0.29, 0.717) is 0 Å². The predicted octanol–water partition coefficient (Wildman–Crippen LogP) is -1.80. The van der Waals surface area contributed by atoms with Gasteiger partial charge in [0.25, 0.3) is 5.09 Å². The number of carbonyl (C=O) groups is 1. The fourth-order valence-electron chi connectivity index (χ4n) is 0.0781. The van der Waals surface area contributed by atoms with Crippen molar-refractivity contribution in [2.75, 3.05) is 6.61 Å². The predicted molar refractivity (Wildman–Crippen MR) is 36.5 cm³/mol. The maximum Gasteiger partial charge on any atom is 0.322 e. The van der Waals surface area contributed by atoms with E-state index in [1.165, 1.54) is 0 Å². The lowest BCUT2D eigenvalue weighted by molar-refractivity contribution is -0.742. The summed E-state index contributed by atoms with van der Waals surface area (Å²) in [6.45, 7) is -0.505. The minimum absolute atomic E-state index is 0. The Morgan fingerprint density at radius 2 is 1.92 bits per heavy atom. The van der Waals surface area contributed by atoms with E-state index < -0.39 is 23.7 Å². The Morgan fingerprint density at radius 3 is 1.92 bits per heavy atom. The van der Waals surface area contributed by atoms with Gasteiger partial charge in [0.05, 0.1) is 6.61 Å². The molecule has 0 spiro atoms. The first kappa shape index (κ1) is 16.9. The van der Waals surface area contributed by atoms with Crippen LogP contribution in [0.15, 0.2) is 0 Å². The second-order valence-electron chi connectivity index (χ2n) is 1.37. The van der Waals surface area contributed by atoms with Crippen LogP contribution in [0, 0.1) is 10.1 Å². The third kappa shape index (κ3) is 23.5. The molecule has 0 aliphatic rings. The molecule has 0 aromatic rings. The number of rotatable bonds is 2. The van der Waals surface area contributed by atoms with E-state index in [1.54, 1.807) is 0 Å². The number of aliphatic hydroxyl groups is 1. The monoisotopic (exact) mass is 185 g/mol. The van der Waals surface area contributed by atoms with E-state index in [-0.39, 0.29) is 6.15 Å². The van der Waals surface area contributed by atoms with Gasteiger partial charge in [0.15, 0.2) is 0 Å². The van der Waals surface area contributed by atoms with Gasteiger partial charge < -0.3 is 27.3 Å². The fourth-order valence-corrected chi connectivity index (χ4v) is 0.0781. The van der Waals surface area contributed by atoms with Crippen LogP contribution in [0.1, 0.15) is 0 Å². The maximum atomic E-state index is 9.65. The van der Waals surface area contributed by atoms with Crippen LogP contribution >= 0.6 is 0 Å². The van der Waals surface area contributed by atoms with Crippen molar-refractivity contribution in [1.29, 1.82) is 0 Å². The van der Waals surface area contributed by atoms with Crippen molar-refractivity contribution in [3.8, 4) is 0 Å². The first-order chi connectivity index (χ1) is 4.91. The van der Waals surface area contributed by atoms with E-state index in [1.807, 2.05) is 0 Å². The number of carboxylic acids is 1. The number of nitrogens with two attached hydrogens (primary N) is 1. The van der Waals surface area contributed by atoms with Crippen LogP contribution in [0.25, 0.3) is 0 Å². The van der Waals surface area contributed by atoms with Gasteiger partial charge in [0, 0.05) is 0 Å². The molecule has 1 atom stereocenters. The minimum Gasteiger partial charge on any atom is -0.480 e. The molecule has 0 saturated carbocycles. The quantitative estimate of drug-likeness (QED) is 0.246. The van der Waals surface area contributed by atoms with Crippen molar-refractivity contribution < 1.29 is 25.3 Å². The smallest absolute Gasteiger partial charge is 0.322 e. The number of nitrogens with zero attached hydrogens (tertiary/aromatic N) is 1. The first-order valence-corrected chi connectivity index (χ1v) is 2.34. The highest BCUT2D eigenvalue weighted by atomic mass is 16.9. The second-order valence-corrected chi connectivity index (χ2v) is 1.37. The van der Waals surface area contributed by atoms with Crippen LogP contribution in [-0.4, -0.2) is 39.1 Å². The van der Waals surface area contributed by atoms with Crippen molar-refractivity contribution in [3.05, 3.63) is 10.1 Å². The van der Waals surface area contributed by atoms with Gasteiger partial charge in [-0.25, -0.2) is 0 Å². The van der Waals surface area contributed by atoms with E-state index in [2.05, 4.69) is 0 Å². The van der Waals surface area contributed by atoms with E-state index in [0.717, 1.165) is 0 Å². The average Bonchev–Trinajstić information content (AvgIpc) is 1.85. The zero-order valence-electron chi connectivity index (χ0n) is 6.08. The van der Waals surface area contributed by atoms with Gasteiger partial charge in [-0.3, -0.25) is 4.79 Å². The Balaban J connectivity index is -0.000000142. The summed E-state index contributed by atoms with van der Waals surface area (Å²) in [5.41, 5.74) is 4.77. The summed E-state index contributed by atoms with van der Waals surface area (Å²) < 4.78 is 0. The molecule has 0 bridgehead atoms. The molecule has 8 N–H and O–H groups in total.